The molecular weight excluding hydrogens is 356 g/mol. The van der Waals surface area contributed by atoms with Gasteiger partial charge in [-0.15, -0.1) is 0 Å². The first kappa shape index (κ1) is 15.7. The third-order valence-electron chi connectivity index (χ3n) is 2.90. The van der Waals surface area contributed by atoms with Gasteiger partial charge in [0.05, 0.1) is 5.02 Å². The normalized spacial score (nSPS) is 10.2. The Balaban J connectivity index is 1.99. The van der Waals surface area contributed by atoms with E-state index in [0.717, 1.165) is 10.2 Å². The number of nitrogens with two attached hydrogens (primary N) is 1. The Morgan fingerprint density at radius 2 is 1.95 bits per heavy atom. The van der Waals surface area contributed by atoms with Crippen molar-refractivity contribution in [3.63, 3.8) is 0 Å². The number of nitrogens with zero attached hydrogens (tertiary/aromatic N) is 1. The van der Waals surface area contributed by atoms with Crippen LogP contribution in [-0.2, 0) is 4.79 Å². The maximum atomic E-state index is 12.1. The van der Waals surface area contributed by atoms with Gasteiger partial charge < -0.3 is 15.4 Å². The van der Waals surface area contributed by atoms with Crippen LogP contribution in [0.25, 0.3) is 0 Å². The minimum absolute atomic E-state index is 0.0950. The molecule has 0 spiro atoms. The number of carbonyl (C=O) groups is 1. The van der Waals surface area contributed by atoms with Crippen LogP contribution in [0.5, 0.6) is 5.75 Å². The molecule has 0 radical (unpaired) electrons. The van der Waals surface area contributed by atoms with Gasteiger partial charge in [0.1, 0.15) is 5.75 Å². The highest BCUT2D eigenvalue weighted by molar-refractivity contribution is 9.10. The van der Waals surface area contributed by atoms with Crippen LogP contribution in [0.2, 0.25) is 5.02 Å². The summed E-state index contributed by atoms with van der Waals surface area (Å²) in [5.74, 6) is 0.290. The fraction of sp³-hybridized carbons (Fsp3) is 0.133. The van der Waals surface area contributed by atoms with Gasteiger partial charge in [0.2, 0.25) is 0 Å². The van der Waals surface area contributed by atoms with E-state index in [2.05, 4.69) is 15.9 Å². The van der Waals surface area contributed by atoms with Gasteiger partial charge in [-0.2, -0.15) is 0 Å². The average Bonchev–Trinajstić information content (AvgIpc) is 2.46. The minimum atomic E-state index is -0.182. The summed E-state index contributed by atoms with van der Waals surface area (Å²) in [5.41, 5.74) is 7.02. The Morgan fingerprint density at radius 3 is 2.57 bits per heavy atom. The number of amides is 1. The molecule has 0 fully saturated rings. The highest BCUT2D eigenvalue weighted by atomic mass is 79.9. The fourth-order valence-electron chi connectivity index (χ4n) is 1.67. The van der Waals surface area contributed by atoms with Crippen molar-refractivity contribution in [2.24, 2.45) is 0 Å². The zero-order chi connectivity index (χ0) is 15.4. The van der Waals surface area contributed by atoms with Crippen molar-refractivity contribution in [2.75, 3.05) is 24.3 Å². The second kappa shape index (κ2) is 6.83. The third-order valence-corrected chi connectivity index (χ3v) is 3.69. The van der Waals surface area contributed by atoms with Gasteiger partial charge in [0, 0.05) is 22.9 Å². The quantitative estimate of drug-likeness (QED) is 0.836. The third kappa shape index (κ3) is 4.12. The number of ether oxygens (including phenoxy) is 1. The Morgan fingerprint density at radius 1 is 1.29 bits per heavy atom. The van der Waals surface area contributed by atoms with Crippen LogP contribution in [0.4, 0.5) is 11.4 Å². The molecule has 0 aliphatic heterocycles. The lowest BCUT2D eigenvalue weighted by Crippen LogP contribution is -2.31. The fourth-order valence-corrected chi connectivity index (χ4v) is 2.40. The zero-order valence-corrected chi connectivity index (χ0v) is 13.7. The molecule has 0 aliphatic rings. The lowest BCUT2D eigenvalue weighted by molar-refractivity contribution is -0.120. The first-order valence-electron chi connectivity index (χ1n) is 6.17. The molecule has 21 heavy (non-hydrogen) atoms. The predicted octanol–water partition coefficient (Wildman–Crippen LogP) is 3.73. The van der Waals surface area contributed by atoms with Crippen LogP contribution >= 0.6 is 27.5 Å². The van der Waals surface area contributed by atoms with E-state index in [9.17, 15) is 4.79 Å². The summed E-state index contributed by atoms with van der Waals surface area (Å²) in [5, 5.41) is 0.451. The Kier molecular flexibility index (Phi) is 5.09. The number of benzene rings is 2. The molecule has 0 saturated carbocycles. The molecule has 110 valence electrons. The molecule has 2 N–H and O–H groups in total. The van der Waals surface area contributed by atoms with Gasteiger partial charge in [-0.25, -0.2) is 0 Å². The maximum absolute atomic E-state index is 12.1. The van der Waals surface area contributed by atoms with Gasteiger partial charge in [-0.05, 0) is 42.5 Å². The summed E-state index contributed by atoms with van der Waals surface area (Å²) < 4.78 is 6.30. The van der Waals surface area contributed by atoms with Crippen LogP contribution in [-0.4, -0.2) is 19.6 Å². The SMILES string of the molecule is CN(C(=O)COc1ccc(Br)cc1Cl)c1ccc(N)cc1. The Hall–Kier alpha value is -1.72. The molecule has 4 nitrogen and oxygen atoms in total. The van der Waals surface area contributed by atoms with Crippen molar-refractivity contribution in [1.29, 1.82) is 0 Å². The molecule has 2 aromatic rings. The monoisotopic (exact) mass is 368 g/mol. The Bertz CT molecular complexity index is 647. The van der Waals surface area contributed by atoms with Crippen molar-refractivity contribution in [3.8, 4) is 5.75 Å². The van der Waals surface area contributed by atoms with E-state index < -0.39 is 0 Å². The van der Waals surface area contributed by atoms with E-state index in [1.807, 2.05) is 0 Å². The number of likely N-dealkylation sites (N-methyl/N-ethyl adjacent to an activating group) is 1. The van der Waals surface area contributed by atoms with Crippen LogP contribution in [0, 0.1) is 0 Å². The molecule has 0 atom stereocenters. The van der Waals surface area contributed by atoms with Gasteiger partial charge in [-0.1, -0.05) is 27.5 Å². The maximum Gasteiger partial charge on any atom is 0.264 e. The second-order valence-electron chi connectivity index (χ2n) is 4.41. The van der Waals surface area contributed by atoms with Crippen LogP contribution in [0.15, 0.2) is 46.9 Å². The number of carbonyl (C=O) groups excluding carboxylic acids is 1. The molecule has 0 saturated heterocycles. The van der Waals surface area contributed by atoms with Crippen molar-refractivity contribution in [3.05, 3.63) is 52.0 Å². The summed E-state index contributed by atoms with van der Waals surface area (Å²) in [4.78, 5) is 13.6. The summed E-state index contributed by atoms with van der Waals surface area (Å²) in [6.07, 6.45) is 0. The molecule has 2 aromatic carbocycles. The molecule has 2 rings (SSSR count). The van der Waals surface area contributed by atoms with E-state index >= 15 is 0 Å². The molecule has 0 aliphatic carbocycles. The van der Waals surface area contributed by atoms with Crippen LogP contribution in [0.3, 0.4) is 0 Å². The average molecular weight is 370 g/mol. The smallest absolute Gasteiger partial charge is 0.264 e. The van der Waals surface area contributed by atoms with E-state index in [1.165, 1.54) is 4.90 Å². The van der Waals surface area contributed by atoms with Crippen molar-refractivity contribution < 1.29 is 9.53 Å². The highest BCUT2D eigenvalue weighted by Crippen LogP contribution is 2.27. The molecule has 0 aromatic heterocycles. The zero-order valence-electron chi connectivity index (χ0n) is 11.3. The van der Waals surface area contributed by atoms with Crippen molar-refractivity contribution in [1.82, 2.24) is 0 Å². The lowest BCUT2D eigenvalue weighted by Gasteiger charge is -2.18. The predicted molar refractivity (Wildman–Crippen MR) is 88.9 cm³/mol. The summed E-state index contributed by atoms with van der Waals surface area (Å²) in [6, 6.07) is 12.3. The lowest BCUT2D eigenvalue weighted by atomic mass is 10.2. The van der Waals surface area contributed by atoms with Crippen LogP contribution in [0.1, 0.15) is 0 Å². The number of nitrogen functional groups attached to an aromatic ring is 1. The molecule has 0 heterocycles. The topological polar surface area (TPSA) is 55.6 Å². The number of halogens is 2. The second-order valence-corrected chi connectivity index (χ2v) is 5.73. The number of anilines is 2. The number of hydrogen-bond acceptors (Lipinski definition) is 3. The first-order chi connectivity index (χ1) is 9.97. The van der Waals surface area contributed by atoms with E-state index in [-0.39, 0.29) is 12.5 Å². The number of hydrogen-bond donors (Lipinski definition) is 1. The van der Waals surface area contributed by atoms with Crippen molar-refractivity contribution in [2.45, 2.75) is 0 Å². The Labute approximate surface area is 136 Å². The molecule has 0 bridgehead atoms. The molecule has 1 amide bonds. The van der Waals surface area contributed by atoms with Gasteiger partial charge in [0.15, 0.2) is 6.61 Å². The van der Waals surface area contributed by atoms with Gasteiger partial charge in [-0.3, -0.25) is 4.79 Å². The summed E-state index contributed by atoms with van der Waals surface area (Å²) in [7, 11) is 1.68. The number of rotatable bonds is 4. The van der Waals surface area contributed by atoms with Crippen molar-refractivity contribution >= 4 is 44.8 Å². The first-order valence-corrected chi connectivity index (χ1v) is 7.34. The minimum Gasteiger partial charge on any atom is -0.482 e. The summed E-state index contributed by atoms with van der Waals surface area (Å²) >= 11 is 9.34. The largest absolute Gasteiger partial charge is 0.482 e. The van der Waals surface area contributed by atoms with E-state index in [0.29, 0.717) is 16.5 Å². The van der Waals surface area contributed by atoms with E-state index in [4.69, 9.17) is 22.1 Å². The van der Waals surface area contributed by atoms with Crippen LogP contribution < -0.4 is 15.4 Å². The standard InChI is InChI=1S/C15H14BrClN2O2/c1-19(12-5-3-11(18)4-6-12)15(20)9-21-14-7-2-10(16)8-13(14)17/h2-8H,9,18H2,1H3. The molecule has 6 heteroatoms. The van der Waals surface area contributed by atoms with Gasteiger partial charge >= 0.3 is 0 Å². The molecule has 0 unspecified atom stereocenters. The highest BCUT2D eigenvalue weighted by Gasteiger charge is 2.12. The summed E-state index contributed by atoms with van der Waals surface area (Å²) in [6.45, 7) is -0.0950. The van der Waals surface area contributed by atoms with Gasteiger partial charge in [0.25, 0.3) is 5.91 Å². The molecular formula is C15H14BrClN2O2. The van der Waals surface area contributed by atoms with E-state index in [1.54, 1.807) is 49.5 Å².